The van der Waals surface area contributed by atoms with E-state index in [0.29, 0.717) is 27.3 Å². The van der Waals surface area contributed by atoms with Crippen LogP contribution in [0.25, 0.3) is 11.3 Å². The minimum atomic E-state index is -0.178. The highest BCUT2D eigenvalue weighted by atomic mass is 35.5. The summed E-state index contributed by atoms with van der Waals surface area (Å²) in [6, 6.07) is 8.89. The van der Waals surface area contributed by atoms with E-state index >= 15 is 0 Å². The van der Waals surface area contributed by atoms with Crippen LogP contribution in [0.15, 0.2) is 34.7 Å². The minimum absolute atomic E-state index is 0.178. The molecule has 1 aromatic heterocycles. The fourth-order valence-corrected chi connectivity index (χ4v) is 4.28. The largest absolute Gasteiger partial charge is 0.451 e. The lowest BCUT2D eigenvalue weighted by Gasteiger charge is -2.44. The quantitative estimate of drug-likeness (QED) is 0.892. The standard InChI is InChI=1S/C18H18Cl2N2O2/c19-12-2-1-3-13(20)17(12)15-4-5-16(24-15)18(23)21-14-10-22-8-6-11(14)7-9-22/h1-5,11,14H,6-10H2,(H,21,23)/t14-/m0/s1. The maximum Gasteiger partial charge on any atom is 0.287 e. The van der Waals surface area contributed by atoms with Crippen molar-refractivity contribution in [2.24, 2.45) is 5.92 Å². The summed E-state index contributed by atoms with van der Waals surface area (Å²) >= 11 is 12.4. The number of halogens is 2. The Morgan fingerprint density at radius 1 is 1.12 bits per heavy atom. The van der Waals surface area contributed by atoms with Crippen molar-refractivity contribution < 1.29 is 9.21 Å². The minimum Gasteiger partial charge on any atom is -0.451 e. The molecular formula is C18H18Cl2N2O2. The summed E-state index contributed by atoms with van der Waals surface area (Å²) in [5.41, 5.74) is 0.614. The Labute approximate surface area is 150 Å². The van der Waals surface area contributed by atoms with Crippen LogP contribution in [0.5, 0.6) is 0 Å². The average molecular weight is 365 g/mol. The van der Waals surface area contributed by atoms with E-state index in [1.54, 1.807) is 30.3 Å². The van der Waals surface area contributed by atoms with Crippen molar-refractivity contribution in [3.05, 3.63) is 46.1 Å². The van der Waals surface area contributed by atoms with Gasteiger partial charge >= 0.3 is 0 Å². The molecular weight excluding hydrogens is 347 g/mol. The molecule has 5 rings (SSSR count). The summed E-state index contributed by atoms with van der Waals surface area (Å²) in [5, 5.41) is 4.12. The van der Waals surface area contributed by atoms with Gasteiger partial charge in [-0.3, -0.25) is 4.79 Å². The molecule has 1 atom stereocenters. The summed E-state index contributed by atoms with van der Waals surface area (Å²) in [5.74, 6) is 1.19. The highest BCUT2D eigenvalue weighted by molar-refractivity contribution is 6.39. The predicted molar refractivity (Wildman–Crippen MR) is 94.6 cm³/mol. The Morgan fingerprint density at radius 2 is 1.83 bits per heavy atom. The van der Waals surface area contributed by atoms with E-state index in [1.807, 2.05) is 0 Å². The molecule has 4 nitrogen and oxygen atoms in total. The number of hydrogen-bond acceptors (Lipinski definition) is 3. The first-order valence-electron chi connectivity index (χ1n) is 8.19. The van der Waals surface area contributed by atoms with Gasteiger partial charge in [-0.2, -0.15) is 0 Å². The van der Waals surface area contributed by atoms with Crippen LogP contribution in [0.2, 0.25) is 10.0 Å². The van der Waals surface area contributed by atoms with E-state index in [-0.39, 0.29) is 17.7 Å². The van der Waals surface area contributed by atoms with Crippen molar-refractivity contribution in [2.75, 3.05) is 19.6 Å². The van der Waals surface area contributed by atoms with Crippen molar-refractivity contribution in [1.29, 1.82) is 0 Å². The van der Waals surface area contributed by atoms with Crippen molar-refractivity contribution in [3.63, 3.8) is 0 Å². The molecule has 2 bridgehead atoms. The maximum atomic E-state index is 12.5. The number of furan rings is 1. The first-order valence-corrected chi connectivity index (χ1v) is 8.95. The Morgan fingerprint density at radius 3 is 2.46 bits per heavy atom. The third kappa shape index (κ3) is 2.94. The van der Waals surface area contributed by atoms with Crippen LogP contribution in [-0.2, 0) is 0 Å². The number of amides is 1. The van der Waals surface area contributed by atoms with Gasteiger partial charge < -0.3 is 14.6 Å². The predicted octanol–water partition coefficient (Wildman–Crippen LogP) is 4.08. The molecule has 3 aliphatic rings. The molecule has 1 N–H and O–H groups in total. The number of rotatable bonds is 3. The number of hydrogen-bond donors (Lipinski definition) is 1. The molecule has 3 fully saturated rings. The molecule has 0 radical (unpaired) electrons. The van der Waals surface area contributed by atoms with Crippen LogP contribution < -0.4 is 5.32 Å². The molecule has 24 heavy (non-hydrogen) atoms. The summed E-state index contributed by atoms with van der Waals surface area (Å²) < 4.78 is 5.72. The van der Waals surface area contributed by atoms with Crippen molar-refractivity contribution in [1.82, 2.24) is 10.2 Å². The van der Waals surface area contributed by atoms with Crippen LogP contribution >= 0.6 is 23.2 Å². The second kappa shape index (κ2) is 6.43. The fourth-order valence-electron chi connectivity index (χ4n) is 3.70. The van der Waals surface area contributed by atoms with Gasteiger partial charge in [-0.25, -0.2) is 0 Å². The van der Waals surface area contributed by atoms with Crippen LogP contribution in [-0.4, -0.2) is 36.5 Å². The van der Waals surface area contributed by atoms with Gasteiger partial charge in [0, 0.05) is 12.6 Å². The lowest BCUT2D eigenvalue weighted by Crippen LogP contribution is -2.57. The first kappa shape index (κ1) is 16.0. The Hall–Kier alpha value is -1.49. The van der Waals surface area contributed by atoms with E-state index < -0.39 is 0 Å². The summed E-state index contributed by atoms with van der Waals surface area (Å²) in [6.45, 7) is 3.22. The van der Waals surface area contributed by atoms with Gasteiger partial charge in [0.2, 0.25) is 0 Å². The zero-order valence-corrected chi connectivity index (χ0v) is 14.6. The Balaban J connectivity index is 1.51. The molecule has 0 aliphatic carbocycles. The van der Waals surface area contributed by atoms with E-state index in [9.17, 15) is 4.79 Å². The van der Waals surface area contributed by atoms with E-state index in [0.717, 1.165) is 32.5 Å². The van der Waals surface area contributed by atoms with Gasteiger partial charge in [0.1, 0.15) is 5.76 Å². The van der Waals surface area contributed by atoms with Crippen LogP contribution in [0, 0.1) is 5.92 Å². The molecule has 0 unspecified atom stereocenters. The molecule has 0 spiro atoms. The van der Waals surface area contributed by atoms with Gasteiger partial charge in [-0.15, -0.1) is 0 Å². The SMILES string of the molecule is O=C(N[C@H]1CN2CCC1CC2)c1ccc(-c2c(Cl)cccc2Cl)o1. The van der Waals surface area contributed by atoms with Gasteiger partial charge in [-0.05, 0) is 56.1 Å². The van der Waals surface area contributed by atoms with Gasteiger partial charge in [0.15, 0.2) is 5.76 Å². The number of fused-ring (bicyclic) bond motifs is 3. The number of nitrogens with one attached hydrogen (secondary N) is 1. The maximum absolute atomic E-state index is 12.5. The molecule has 1 aromatic carbocycles. The summed E-state index contributed by atoms with van der Waals surface area (Å²) in [7, 11) is 0. The fraction of sp³-hybridized carbons (Fsp3) is 0.389. The van der Waals surface area contributed by atoms with Crippen LogP contribution in [0.4, 0.5) is 0 Å². The molecule has 0 saturated carbocycles. The number of nitrogens with zero attached hydrogens (tertiary/aromatic N) is 1. The summed E-state index contributed by atoms with van der Waals surface area (Å²) in [4.78, 5) is 14.9. The lowest BCUT2D eigenvalue weighted by molar-refractivity contribution is 0.0606. The number of benzene rings is 1. The number of carbonyl (C=O) groups is 1. The average Bonchev–Trinajstić information content (AvgIpc) is 3.05. The Bertz CT molecular complexity index is 746. The van der Waals surface area contributed by atoms with Crippen molar-refractivity contribution >= 4 is 29.1 Å². The highest BCUT2D eigenvalue weighted by Crippen LogP contribution is 2.35. The normalized spacial score (nSPS) is 25.7. The second-order valence-electron chi connectivity index (χ2n) is 6.48. The van der Waals surface area contributed by atoms with E-state index in [4.69, 9.17) is 27.6 Å². The lowest BCUT2D eigenvalue weighted by atomic mass is 9.84. The van der Waals surface area contributed by atoms with Crippen LogP contribution in [0.3, 0.4) is 0 Å². The monoisotopic (exact) mass is 364 g/mol. The zero-order chi connectivity index (χ0) is 16.7. The van der Waals surface area contributed by atoms with Crippen molar-refractivity contribution in [3.8, 4) is 11.3 Å². The Kier molecular flexibility index (Phi) is 4.29. The van der Waals surface area contributed by atoms with E-state index in [1.165, 1.54) is 0 Å². The second-order valence-corrected chi connectivity index (χ2v) is 7.29. The third-order valence-corrected chi connectivity index (χ3v) is 5.64. The van der Waals surface area contributed by atoms with Gasteiger partial charge in [-0.1, -0.05) is 29.3 Å². The highest BCUT2D eigenvalue weighted by Gasteiger charge is 2.35. The van der Waals surface area contributed by atoms with Crippen molar-refractivity contribution in [2.45, 2.75) is 18.9 Å². The molecule has 6 heteroatoms. The van der Waals surface area contributed by atoms with Gasteiger partial charge in [0.25, 0.3) is 5.91 Å². The molecule has 4 heterocycles. The topological polar surface area (TPSA) is 45.5 Å². The zero-order valence-electron chi connectivity index (χ0n) is 13.1. The molecule has 126 valence electrons. The van der Waals surface area contributed by atoms with E-state index in [2.05, 4.69) is 10.2 Å². The number of carbonyl (C=O) groups excluding carboxylic acids is 1. The van der Waals surface area contributed by atoms with Gasteiger partial charge in [0.05, 0.1) is 15.6 Å². The molecule has 2 aromatic rings. The molecule has 3 aliphatic heterocycles. The third-order valence-electron chi connectivity index (χ3n) is 5.01. The smallest absolute Gasteiger partial charge is 0.287 e. The molecule has 3 saturated heterocycles. The number of piperidine rings is 3. The first-order chi connectivity index (χ1) is 11.6. The summed E-state index contributed by atoms with van der Waals surface area (Å²) in [6.07, 6.45) is 2.31. The molecule has 1 amide bonds. The van der Waals surface area contributed by atoms with Crippen LogP contribution in [0.1, 0.15) is 23.4 Å².